The highest BCUT2D eigenvalue weighted by Gasteiger charge is 2.21. The van der Waals surface area contributed by atoms with Crippen LogP contribution in [0.25, 0.3) is 0 Å². The van der Waals surface area contributed by atoms with E-state index < -0.39 is 5.60 Å². The van der Waals surface area contributed by atoms with Gasteiger partial charge in [-0.05, 0) is 26.0 Å². The van der Waals surface area contributed by atoms with Crippen molar-refractivity contribution in [1.29, 1.82) is 0 Å². The maximum Gasteiger partial charge on any atom is 0.124 e. The summed E-state index contributed by atoms with van der Waals surface area (Å²) in [4.78, 5) is 0. The molecule has 0 saturated heterocycles. The van der Waals surface area contributed by atoms with E-state index in [-0.39, 0.29) is 30.7 Å². The van der Waals surface area contributed by atoms with Gasteiger partial charge in [-0.2, -0.15) is 0 Å². The molecule has 0 aliphatic carbocycles. The van der Waals surface area contributed by atoms with Crippen LogP contribution in [0.4, 0.5) is 0 Å². The van der Waals surface area contributed by atoms with Gasteiger partial charge >= 0.3 is 0 Å². The van der Waals surface area contributed by atoms with Gasteiger partial charge in [-0.15, -0.1) is 0 Å². The summed E-state index contributed by atoms with van der Waals surface area (Å²) in [7, 11) is 0. The van der Waals surface area contributed by atoms with Crippen molar-refractivity contribution in [2.75, 3.05) is 13.2 Å². The van der Waals surface area contributed by atoms with Crippen molar-refractivity contribution in [2.24, 2.45) is 0 Å². The van der Waals surface area contributed by atoms with Crippen LogP contribution in [0.2, 0.25) is 0 Å². The van der Waals surface area contributed by atoms with Gasteiger partial charge in [-0.1, -0.05) is 6.07 Å². The molecule has 5 heteroatoms. The Labute approximate surface area is 100 Å². The molecule has 2 atom stereocenters. The minimum atomic E-state index is -1.23. The molecular weight excluding hydrogens is 222 g/mol. The van der Waals surface area contributed by atoms with Crippen molar-refractivity contribution in [3.8, 4) is 11.5 Å². The van der Waals surface area contributed by atoms with Crippen molar-refractivity contribution >= 4 is 0 Å². The summed E-state index contributed by atoms with van der Waals surface area (Å²) in [5.41, 5.74) is -0.852. The fraction of sp³-hybridized carbons (Fsp3) is 0.500. The smallest absolute Gasteiger partial charge is 0.124 e. The third-order valence-electron chi connectivity index (χ3n) is 2.62. The van der Waals surface area contributed by atoms with E-state index in [0.29, 0.717) is 5.56 Å². The summed E-state index contributed by atoms with van der Waals surface area (Å²) in [6.07, 6.45) is 0. The second kappa shape index (κ2) is 5.35. The molecule has 0 amide bonds. The number of rotatable bonds is 5. The van der Waals surface area contributed by atoms with Gasteiger partial charge in [0, 0.05) is 12.6 Å². The van der Waals surface area contributed by atoms with Crippen LogP contribution in [-0.4, -0.2) is 39.2 Å². The van der Waals surface area contributed by atoms with E-state index in [1.54, 1.807) is 13.0 Å². The van der Waals surface area contributed by atoms with E-state index >= 15 is 0 Å². The van der Waals surface area contributed by atoms with Gasteiger partial charge in [0.25, 0.3) is 0 Å². The van der Waals surface area contributed by atoms with Gasteiger partial charge in [0.2, 0.25) is 0 Å². The van der Waals surface area contributed by atoms with Crippen molar-refractivity contribution < 1.29 is 20.4 Å². The number of hydrogen-bond acceptors (Lipinski definition) is 5. The summed E-state index contributed by atoms with van der Waals surface area (Å²) in [6.45, 7) is 3.04. The van der Waals surface area contributed by atoms with Gasteiger partial charge in [0.15, 0.2) is 0 Å². The molecule has 0 fully saturated rings. The van der Waals surface area contributed by atoms with Crippen molar-refractivity contribution in [1.82, 2.24) is 5.32 Å². The summed E-state index contributed by atoms with van der Waals surface area (Å²) >= 11 is 0. The Balaban J connectivity index is 2.74. The molecule has 0 spiro atoms. The molecule has 2 unspecified atom stereocenters. The van der Waals surface area contributed by atoms with E-state index in [1.807, 2.05) is 0 Å². The first kappa shape index (κ1) is 13.8. The zero-order valence-corrected chi connectivity index (χ0v) is 10.0. The standard InChI is InChI=1S/C12H19NO4/c1-8(13-6-12(2,17)7-14)11-9(15)4-3-5-10(11)16/h3-5,8,13-17H,6-7H2,1-2H3. The van der Waals surface area contributed by atoms with Crippen LogP contribution in [0.1, 0.15) is 25.5 Å². The number of aliphatic hydroxyl groups is 2. The van der Waals surface area contributed by atoms with E-state index in [4.69, 9.17) is 5.11 Å². The van der Waals surface area contributed by atoms with Gasteiger partial charge < -0.3 is 25.7 Å². The van der Waals surface area contributed by atoms with Gasteiger partial charge in [0.05, 0.1) is 17.8 Å². The van der Waals surface area contributed by atoms with Gasteiger partial charge in [-0.25, -0.2) is 0 Å². The minimum absolute atomic E-state index is 0.00589. The number of nitrogens with one attached hydrogen (secondary N) is 1. The highest BCUT2D eigenvalue weighted by Crippen LogP contribution is 2.32. The monoisotopic (exact) mass is 241 g/mol. The first-order chi connectivity index (χ1) is 7.87. The molecular formula is C12H19NO4. The van der Waals surface area contributed by atoms with Crippen molar-refractivity contribution in [3.05, 3.63) is 23.8 Å². The maximum atomic E-state index is 9.64. The Bertz CT molecular complexity index is 359. The summed E-state index contributed by atoms with van der Waals surface area (Å²) in [6, 6.07) is 4.17. The molecule has 0 aliphatic rings. The maximum absolute atomic E-state index is 9.64. The van der Waals surface area contributed by atoms with Crippen molar-refractivity contribution in [2.45, 2.75) is 25.5 Å². The highest BCUT2D eigenvalue weighted by atomic mass is 16.3. The van der Waals surface area contributed by atoms with Crippen LogP contribution in [0, 0.1) is 0 Å². The number of aliphatic hydroxyl groups excluding tert-OH is 1. The second-order valence-electron chi connectivity index (χ2n) is 4.47. The molecule has 0 saturated carbocycles. The van der Waals surface area contributed by atoms with E-state index in [9.17, 15) is 15.3 Å². The Hall–Kier alpha value is -1.30. The lowest BCUT2D eigenvalue weighted by molar-refractivity contribution is 0.000963. The van der Waals surface area contributed by atoms with E-state index in [2.05, 4.69) is 5.32 Å². The molecule has 1 aromatic rings. The molecule has 0 aliphatic heterocycles. The largest absolute Gasteiger partial charge is 0.507 e. The first-order valence-corrected chi connectivity index (χ1v) is 5.45. The third kappa shape index (κ3) is 3.59. The molecule has 0 bridgehead atoms. The van der Waals surface area contributed by atoms with Gasteiger partial charge in [0.1, 0.15) is 11.5 Å². The number of phenols is 2. The molecule has 96 valence electrons. The Morgan fingerprint density at radius 1 is 1.29 bits per heavy atom. The van der Waals surface area contributed by atoms with Crippen LogP contribution in [0.15, 0.2) is 18.2 Å². The predicted octanol–water partition coefficient (Wildman–Crippen LogP) is 0.492. The van der Waals surface area contributed by atoms with Crippen molar-refractivity contribution in [3.63, 3.8) is 0 Å². The molecule has 5 nitrogen and oxygen atoms in total. The van der Waals surface area contributed by atoms with Crippen LogP contribution >= 0.6 is 0 Å². The summed E-state index contributed by atoms with van der Waals surface area (Å²) < 4.78 is 0. The first-order valence-electron chi connectivity index (χ1n) is 5.45. The van der Waals surface area contributed by atoms with Crippen LogP contribution in [-0.2, 0) is 0 Å². The average molecular weight is 241 g/mol. The topological polar surface area (TPSA) is 93.0 Å². The Morgan fingerprint density at radius 2 is 1.82 bits per heavy atom. The number of hydrogen-bond donors (Lipinski definition) is 5. The van der Waals surface area contributed by atoms with Crippen LogP contribution in [0.3, 0.4) is 0 Å². The zero-order chi connectivity index (χ0) is 13.1. The average Bonchev–Trinajstić information content (AvgIpc) is 2.26. The number of aromatic hydroxyl groups is 2. The quantitative estimate of drug-likeness (QED) is 0.517. The summed E-state index contributed by atoms with van der Waals surface area (Å²) in [5, 5.41) is 40.7. The fourth-order valence-electron chi connectivity index (χ4n) is 1.52. The highest BCUT2D eigenvalue weighted by molar-refractivity contribution is 5.44. The zero-order valence-electron chi connectivity index (χ0n) is 10.0. The lowest BCUT2D eigenvalue weighted by Crippen LogP contribution is -2.41. The van der Waals surface area contributed by atoms with Crippen LogP contribution in [0.5, 0.6) is 11.5 Å². The van der Waals surface area contributed by atoms with E-state index in [0.717, 1.165) is 0 Å². The molecule has 0 aromatic heterocycles. The third-order valence-corrected chi connectivity index (χ3v) is 2.62. The molecule has 0 heterocycles. The summed E-state index contributed by atoms with van der Waals surface area (Å²) in [5.74, 6) is -0.0118. The lowest BCUT2D eigenvalue weighted by Gasteiger charge is -2.24. The molecule has 0 radical (unpaired) electrons. The number of benzene rings is 1. The molecule has 17 heavy (non-hydrogen) atoms. The second-order valence-corrected chi connectivity index (χ2v) is 4.47. The normalized spacial score (nSPS) is 16.5. The number of phenolic OH excluding ortho intramolecular Hbond substituents is 2. The Morgan fingerprint density at radius 3 is 2.29 bits per heavy atom. The Kier molecular flexibility index (Phi) is 4.34. The van der Waals surface area contributed by atoms with E-state index in [1.165, 1.54) is 19.1 Å². The van der Waals surface area contributed by atoms with Crippen LogP contribution < -0.4 is 5.32 Å². The van der Waals surface area contributed by atoms with Gasteiger partial charge in [-0.3, -0.25) is 0 Å². The fourth-order valence-corrected chi connectivity index (χ4v) is 1.52. The molecule has 5 N–H and O–H groups in total. The molecule has 1 rings (SSSR count). The molecule has 1 aromatic carbocycles. The predicted molar refractivity (Wildman–Crippen MR) is 63.9 cm³/mol. The minimum Gasteiger partial charge on any atom is -0.507 e. The lowest BCUT2D eigenvalue weighted by atomic mass is 10.0. The SMILES string of the molecule is CC(NCC(C)(O)CO)c1c(O)cccc1O.